The Labute approximate surface area is 130 Å². The van der Waals surface area contributed by atoms with Crippen LogP contribution < -0.4 is 5.32 Å². The van der Waals surface area contributed by atoms with Crippen LogP contribution in [0, 0.1) is 0 Å². The fraction of sp³-hybridized carbons (Fsp3) is 0.278. The molecule has 0 heterocycles. The molecule has 4 heteroatoms. The van der Waals surface area contributed by atoms with E-state index in [1.54, 1.807) is 12.1 Å². The van der Waals surface area contributed by atoms with E-state index in [1.165, 1.54) is 23.8 Å². The van der Waals surface area contributed by atoms with Crippen LogP contribution in [0.4, 0.5) is 0 Å². The van der Waals surface area contributed by atoms with Crippen molar-refractivity contribution in [2.24, 2.45) is 0 Å². The van der Waals surface area contributed by atoms with E-state index in [4.69, 9.17) is 0 Å². The summed E-state index contributed by atoms with van der Waals surface area (Å²) >= 11 is 0. The molecule has 0 saturated heterocycles. The first-order chi connectivity index (χ1) is 10.5. The molecule has 0 saturated carbocycles. The predicted molar refractivity (Wildman–Crippen MR) is 86.1 cm³/mol. The van der Waals surface area contributed by atoms with Crippen LogP contribution in [0.5, 0.6) is 11.5 Å². The molecule has 1 unspecified atom stereocenters. The maximum absolute atomic E-state index is 12.1. The monoisotopic (exact) mass is 299 g/mol. The lowest BCUT2D eigenvalue weighted by Crippen LogP contribution is -2.22. The van der Waals surface area contributed by atoms with Gasteiger partial charge in [0.1, 0.15) is 11.5 Å². The van der Waals surface area contributed by atoms with Crippen molar-refractivity contribution in [3.63, 3.8) is 0 Å². The van der Waals surface area contributed by atoms with Crippen molar-refractivity contribution in [2.45, 2.75) is 32.7 Å². The maximum atomic E-state index is 12.1. The number of phenols is 2. The Bertz CT molecular complexity index is 650. The van der Waals surface area contributed by atoms with E-state index in [9.17, 15) is 15.0 Å². The summed E-state index contributed by atoms with van der Waals surface area (Å²) in [5, 5.41) is 21.8. The molecular weight excluding hydrogens is 278 g/mol. The number of amides is 1. The zero-order valence-electron chi connectivity index (χ0n) is 12.8. The fourth-order valence-electron chi connectivity index (χ4n) is 2.19. The molecule has 0 aromatic heterocycles. The number of carbonyl (C=O) groups is 1. The second-order valence-electron chi connectivity index (χ2n) is 5.43. The van der Waals surface area contributed by atoms with Gasteiger partial charge in [-0.25, -0.2) is 0 Å². The number of hydrogen-bond donors (Lipinski definition) is 3. The van der Waals surface area contributed by atoms with Crippen molar-refractivity contribution in [1.29, 1.82) is 0 Å². The minimum atomic E-state index is -0.210. The summed E-state index contributed by atoms with van der Waals surface area (Å²) in [5.41, 5.74) is 2.26. The highest BCUT2D eigenvalue weighted by Gasteiger charge is 2.09. The Morgan fingerprint density at radius 1 is 1.14 bits per heavy atom. The van der Waals surface area contributed by atoms with Crippen molar-refractivity contribution in [3.8, 4) is 11.5 Å². The van der Waals surface area contributed by atoms with Gasteiger partial charge in [-0.1, -0.05) is 26.0 Å². The van der Waals surface area contributed by atoms with Crippen LogP contribution in [-0.2, 0) is 6.54 Å². The average Bonchev–Trinajstić information content (AvgIpc) is 2.54. The van der Waals surface area contributed by atoms with Gasteiger partial charge in [-0.3, -0.25) is 4.79 Å². The van der Waals surface area contributed by atoms with Gasteiger partial charge in [0.2, 0.25) is 0 Å². The van der Waals surface area contributed by atoms with Crippen LogP contribution in [0.3, 0.4) is 0 Å². The highest BCUT2D eigenvalue weighted by Crippen LogP contribution is 2.22. The molecule has 1 atom stereocenters. The second-order valence-corrected chi connectivity index (χ2v) is 5.43. The molecule has 2 aromatic carbocycles. The van der Waals surface area contributed by atoms with E-state index in [0.717, 1.165) is 6.42 Å². The number of nitrogens with one attached hydrogen (secondary N) is 1. The first-order valence-corrected chi connectivity index (χ1v) is 7.40. The Hall–Kier alpha value is -2.49. The molecule has 2 rings (SSSR count). The average molecular weight is 299 g/mol. The minimum absolute atomic E-state index is 0.0465. The van der Waals surface area contributed by atoms with Crippen molar-refractivity contribution in [3.05, 3.63) is 59.2 Å². The van der Waals surface area contributed by atoms with E-state index >= 15 is 0 Å². The summed E-state index contributed by atoms with van der Waals surface area (Å²) in [6.45, 7) is 4.44. The van der Waals surface area contributed by atoms with Crippen LogP contribution in [0.15, 0.2) is 42.5 Å². The first-order valence-electron chi connectivity index (χ1n) is 7.40. The van der Waals surface area contributed by atoms with Gasteiger partial charge < -0.3 is 15.5 Å². The number of aromatic hydroxyl groups is 2. The summed E-state index contributed by atoms with van der Waals surface area (Å²) in [4.78, 5) is 12.1. The second kappa shape index (κ2) is 6.98. The Kier molecular flexibility index (Phi) is 5.04. The normalized spacial score (nSPS) is 11.9. The molecule has 2 aromatic rings. The van der Waals surface area contributed by atoms with Crippen LogP contribution >= 0.6 is 0 Å². The summed E-state index contributed by atoms with van der Waals surface area (Å²) in [5.74, 6) is 0.366. The quantitative estimate of drug-likeness (QED) is 0.740. The van der Waals surface area contributed by atoms with Crippen molar-refractivity contribution < 1.29 is 15.0 Å². The number of rotatable bonds is 5. The van der Waals surface area contributed by atoms with Gasteiger partial charge in [-0.05, 0) is 48.2 Å². The number of phenolic OH excluding ortho intramolecular Hbond substituents is 2. The van der Waals surface area contributed by atoms with Crippen LogP contribution in [-0.4, -0.2) is 16.1 Å². The van der Waals surface area contributed by atoms with E-state index in [-0.39, 0.29) is 24.0 Å². The zero-order chi connectivity index (χ0) is 16.1. The molecule has 3 N–H and O–H groups in total. The Balaban J connectivity index is 2.01. The van der Waals surface area contributed by atoms with E-state index in [0.29, 0.717) is 17.0 Å². The van der Waals surface area contributed by atoms with E-state index < -0.39 is 0 Å². The molecule has 0 fully saturated rings. The Morgan fingerprint density at radius 2 is 1.82 bits per heavy atom. The standard InChI is InChI=1S/C18H21NO3/c1-3-12(2)13-4-6-14(7-5-13)18(22)19-11-15-10-16(20)8-9-17(15)21/h4-10,12,20-21H,3,11H2,1-2H3,(H,19,22). The largest absolute Gasteiger partial charge is 0.508 e. The van der Waals surface area contributed by atoms with Gasteiger partial charge in [0.25, 0.3) is 5.91 Å². The molecule has 4 nitrogen and oxygen atoms in total. The Morgan fingerprint density at radius 3 is 2.45 bits per heavy atom. The highest BCUT2D eigenvalue weighted by molar-refractivity contribution is 5.94. The van der Waals surface area contributed by atoms with Crippen molar-refractivity contribution >= 4 is 5.91 Å². The van der Waals surface area contributed by atoms with Crippen LogP contribution in [0.25, 0.3) is 0 Å². The summed E-state index contributed by atoms with van der Waals surface area (Å²) in [7, 11) is 0. The number of carbonyl (C=O) groups excluding carboxylic acids is 1. The third kappa shape index (κ3) is 3.79. The molecular formula is C18H21NO3. The van der Waals surface area contributed by atoms with Crippen molar-refractivity contribution in [2.75, 3.05) is 0 Å². The minimum Gasteiger partial charge on any atom is -0.508 e. The highest BCUT2D eigenvalue weighted by atomic mass is 16.3. The SMILES string of the molecule is CCC(C)c1ccc(C(=O)NCc2cc(O)ccc2O)cc1. The lowest BCUT2D eigenvalue weighted by molar-refractivity contribution is 0.0950. The predicted octanol–water partition coefficient (Wildman–Crippen LogP) is 3.54. The molecule has 1 amide bonds. The molecule has 0 aliphatic heterocycles. The zero-order valence-corrected chi connectivity index (χ0v) is 12.8. The molecule has 22 heavy (non-hydrogen) atoms. The lowest BCUT2D eigenvalue weighted by Gasteiger charge is -2.10. The van der Waals surface area contributed by atoms with Gasteiger partial charge in [0, 0.05) is 17.7 Å². The summed E-state index contributed by atoms with van der Waals surface area (Å²) in [6, 6.07) is 11.8. The van der Waals surface area contributed by atoms with E-state index in [1.807, 2.05) is 12.1 Å². The molecule has 116 valence electrons. The fourth-order valence-corrected chi connectivity index (χ4v) is 2.19. The first kappa shape index (κ1) is 15.9. The van der Waals surface area contributed by atoms with Crippen LogP contribution in [0.2, 0.25) is 0 Å². The smallest absolute Gasteiger partial charge is 0.251 e. The molecule has 0 aliphatic rings. The third-order valence-electron chi connectivity index (χ3n) is 3.86. The van der Waals surface area contributed by atoms with Gasteiger partial charge in [0.05, 0.1) is 0 Å². The molecule has 0 aliphatic carbocycles. The molecule has 0 radical (unpaired) electrons. The summed E-state index contributed by atoms with van der Waals surface area (Å²) in [6.07, 6.45) is 1.06. The maximum Gasteiger partial charge on any atom is 0.251 e. The summed E-state index contributed by atoms with van der Waals surface area (Å²) < 4.78 is 0. The topological polar surface area (TPSA) is 69.6 Å². The number of benzene rings is 2. The lowest BCUT2D eigenvalue weighted by atomic mass is 9.97. The van der Waals surface area contributed by atoms with Gasteiger partial charge >= 0.3 is 0 Å². The molecule has 0 spiro atoms. The van der Waals surface area contributed by atoms with Crippen LogP contribution in [0.1, 0.15) is 47.7 Å². The van der Waals surface area contributed by atoms with Crippen molar-refractivity contribution in [1.82, 2.24) is 5.32 Å². The van der Waals surface area contributed by atoms with Gasteiger partial charge in [0.15, 0.2) is 0 Å². The third-order valence-corrected chi connectivity index (χ3v) is 3.86. The van der Waals surface area contributed by atoms with Gasteiger partial charge in [-0.2, -0.15) is 0 Å². The van der Waals surface area contributed by atoms with E-state index in [2.05, 4.69) is 19.2 Å². The molecule has 0 bridgehead atoms. The van der Waals surface area contributed by atoms with Gasteiger partial charge in [-0.15, -0.1) is 0 Å². The number of hydrogen-bond acceptors (Lipinski definition) is 3.